The molecule has 1 aromatic carbocycles. The van der Waals surface area contributed by atoms with Gasteiger partial charge in [0.2, 0.25) is 0 Å². The molecule has 1 saturated heterocycles. The lowest BCUT2D eigenvalue weighted by Gasteiger charge is -2.52. The third-order valence-electron chi connectivity index (χ3n) is 4.09. The van der Waals surface area contributed by atoms with Crippen LogP contribution in [0.4, 0.5) is 4.39 Å². The fourth-order valence-electron chi connectivity index (χ4n) is 2.81. The summed E-state index contributed by atoms with van der Waals surface area (Å²) in [5.41, 5.74) is -0.204. The maximum atomic E-state index is 14.3. The molecule has 0 unspecified atom stereocenters. The van der Waals surface area contributed by atoms with E-state index in [9.17, 15) is 4.39 Å². The lowest BCUT2D eigenvalue weighted by atomic mass is 9.73. The molecule has 1 aliphatic rings. The number of aromatic nitrogens is 3. The van der Waals surface area contributed by atoms with Crippen molar-refractivity contribution in [2.24, 2.45) is 5.92 Å². The molecule has 106 valence electrons. The predicted molar refractivity (Wildman–Crippen MR) is 72.8 cm³/mol. The molecule has 6 heteroatoms. The van der Waals surface area contributed by atoms with Crippen molar-refractivity contribution in [2.75, 3.05) is 0 Å². The molecule has 20 heavy (non-hydrogen) atoms. The Morgan fingerprint density at radius 2 is 2.25 bits per heavy atom. The van der Waals surface area contributed by atoms with Gasteiger partial charge in [0.1, 0.15) is 24.1 Å². The molecular weight excluding hydrogens is 281 g/mol. The van der Waals surface area contributed by atoms with Crippen molar-refractivity contribution in [1.82, 2.24) is 14.8 Å². The van der Waals surface area contributed by atoms with Crippen LogP contribution in [0, 0.1) is 11.7 Å². The van der Waals surface area contributed by atoms with Gasteiger partial charge in [-0.1, -0.05) is 24.6 Å². The number of hydrogen-bond donors (Lipinski definition) is 0. The summed E-state index contributed by atoms with van der Waals surface area (Å²) in [5.74, 6) is -0.182. The molecule has 0 saturated carbocycles. The van der Waals surface area contributed by atoms with Crippen LogP contribution < -0.4 is 0 Å². The van der Waals surface area contributed by atoms with E-state index in [1.54, 1.807) is 23.1 Å². The molecule has 3 rings (SSSR count). The summed E-state index contributed by atoms with van der Waals surface area (Å²) in [7, 11) is 0. The van der Waals surface area contributed by atoms with Gasteiger partial charge in [-0.3, -0.25) is 0 Å². The maximum absolute atomic E-state index is 14.3. The van der Waals surface area contributed by atoms with E-state index in [1.807, 2.05) is 6.92 Å². The molecule has 0 radical (unpaired) electrons. The predicted octanol–water partition coefficient (Wildman–Crippen LogP) is 3.02. The molecule has 3 atom stereocenters. The average Bonchev–Trinajstić information content (AvgIpc) is 2.90. The molecule has 1 fully saturated rings. The van der Waals surface area contributed by atoms with Crippen LogP contribution in [-0.4, -0.2) is 20.9 Å². The second-order valence-corrected chi connectivity index (χ2v) is 5.65. The van der Waals surface area contributed by atoms with E-state index in [-0.39, 0.29) is 17.8 Å². The van der Waals surface area contributed by atoms with Gasteiger partial charge in [0, 0.05) is 16.5 Å². The summed E-state index contributed by atoms with van der Waals surface area (Å²) in [5, 5.41) is 4.47. The van der Waals surface area contributed by atoms with E-state index in [2.05, 4.69) is 17.0 Å². The first kappa shape index (κ1) is 13.5. The third kappa shape index (κ3) is 2.01. The fraction of sp³-hybridized carbons (Fsp3) is 0.429. The molecule has 0 spiro atoms. The van der Waals surface area contributed by atoms with Crippen LogP contribution in [-0.2, 0) is 16.9 Å². The topological polar surface area (TPSA) is 39.9 Å². The molecule has 0 N–H and O–H groups in total. The first-order valence-electron chi connectivity index (χ1n) is 6.49. The van der Waals surface area contributed by atoms with E-state index >= 15 is 0 Å². The van der Waals surface area contributed by atoms with Crippen LogP contribution in [0.15, 0.2) is 30.9 Å². The van der Waals surface area contributed by atoms with Crippen molar-refractivity contribution in [3.8, 4) is 0 Å². The highest BCUT2D eigenvalue weighted by Gasteiger charge is 2.53. The van der Waals surface area contributed by atoms with Crippen LogP contribution >= 0.6 is 11.6 Å². The minimum Gasteiger partial charge on any atom is -0.364 e. The van der Waals surface area contributed by atoms with E-state index in [1.165, 1.54) is 12.4 Å². The standard InChI is InChI=1S/C14H15ClFN3O/c1-9-10(2)20-14(9,6-19-8-17-7-18-19)12-4-3-11(15)5-13(12)16/h3-5,7-10H,6H2,1-2H3/t9-,10+,14+/m0/s1. The highest BCUT2D eigenvalue weighted by molar-refractivity contribution is 6.30. The molecule has 0 bridgehead atoms. The zero-order valence-electron chi connectivity index (χ0n) is 11.3. The van der Waals surface area contributed by atoms with Crippen LogP contribution in [0.2, 0.25) is 5.02 Å². The van der Waals surface area contributed by atoms with E-state index in [0.717, 1.165) is 0 Å². The Labute approximate surface area is 121 Å². The van der Waals surface area contributed by atoms with E-state index in [4.69, 9.17) is 16.3 Å². The van der Waals surface area contributed by atoms with Crippen LogP contribution in [0.3, 0.4) is 0 Å². The van der Waals surface area contributed by atoms with Crippen molar-refractivity contribution in [1.29, 1.82) is 0 Å². The Hall–Kier alpha value is -1.46. The van der Waals surface area contributed by atoms with E-state index in [0.29, 0.717) is 17.1 Å². The zero-order valence-corrected chi connectivity index (χ0v) is 12.0. The normalized spacial score (nSPS) is 29.2. The lowest BCUT2D eigenvalue weighted by molar-refractivity contribution is -0.265. The molecule has 0 amide bonds. The third-order valence-corrected chi connectivity index (χ3v) is 4.32. The Balaban J connectivity index is 2.02. The second kappa shape index (κ2) is 4.82. The fourth-order valence-corrected chi connectivity index (χ4v) is 2.97. The maximum Gasteiger partial charge on any atom is 0.137 e. The Morgan fingerprint density at radius 1 is 1.45 bits per heavy atom. The van der Waals surface area contributed by atoms with Crippen molar-refractivity contribution in [2.45, 2.75) is 32.1 Å². The number of nitrogens with zero attached hydrogens (tertiary/aromatic N) is 3. The van der Waals surface area contributed by atoms with Gasteiger partial charge in [-0.15, -0.1) is 0 Å². The summed E-state index contributed by atoms with van der Waals surface area (Å²) in [6.07, 6.45) is 3.14. The minimum absolute atomic E-state index is 0.0774. The highest BCUT2D eigenvalue weighted by Crippen LogP contribution is 2.49. The molecule has 1 aliphatic heterocycles. The van der Waals surface area contributed by atoms with Crippen LogP contribution in [0.5, 0.6) is 0 Å². The van der Waals surface area contributed by atoms with Gasteiger partial charge < -0.3 is 4.74 Å². The Morgan fingerprint density at radius 3 is 2.80 bits per heavy atom. The lowest BCUT2D eigenvalue weighted by Crippen LogP contribution is -2.57. The van der Waals surface area contributed by atoms with Crippen molar-refractivity contribution in [3.05, 3.63) is 47.3 Å². The summed E-state index contributed by atoms with van der Waals surface area (Å²) in [6.45, 7) is 4.47. The van der Waals surface area contributed by atoms with Gasteiger partial charge in [-0.2, -0.15) is 5.10 Å². The largest absolute Gasteiger partial charge is 0.364 e. The molecule has 4 nitrogen and oxygen atoms in total. The van der Waals surface area contributed by atoms with Gasteiger partial charge in [0.15, 0.2) is 0 Å². The molecule has 1 aromatic heterocycles. The van der Waals surface area contributed by atoms with Gasteiger partial charge >= 0.3 is 0 Å². The Bertz CT molecular complexity index is 619. The quantitative estimate of drug-likeness (QED) is 0.874. The van der Waals surface area contributed by atoms with Crippen molar-refractivity contribution in [3.63, 3.8) is 0 Å². The number of hydrogen-bond acceptors (Lipinski definition) is 3. The number of halogens is 2. The summed E-state index contributed by atoms with van der Waals surface area (Å²) in [6, 6.07) is 4.69. The van der Waals surface area contributed by atoms with Crippen LogP contribution in [0.25, 0.3) is 0 Å². The summed E-state index contributed by atoms with van der Waals surface area (Å²) >= 11 is 5.83. The summed E-state index contributed by atoms with van der Waals surface area (Å²) in [4.78, 5) is 3.92. The minimum atomic E-state index is -0.720. The van der Waals surface area contributed by atoms with Gasteiger partial charge in [-0.25, -0.2) is 14.1 Å². The molecule has 0 aliphatic carbocycles. The number of benzene rings is 1. The summed E-state index contributed by atoms with van der Waals surface area (Å²) < 4.78 is 21.9. The van der Waals surface area contributed by atoms with Gasteiger partial charge in [0.25, 0.3) is 0 Å². The monoisotopic (exact) mass is 295 g/mol. The molecular formula is C14H15ClFN3O. The number of rotatable bonds is 3. The Kier molecular flexibility index (Phi) is 3.26. The van der Waals surface area contributed by atoms with Crippen molar-refractivity contribution < 1.29 is 9.13 Å². The molecule has 2 aromatic rings. The SMILES string of the molecule is C[C@H]1O[C@@](Cn2cncn2)(c2ccc(Cl)cc2F)[C@H]1C. The smallest absolute Gasteiger partial charge is 0.137 e. The van der Waals surface area contributed by atoms with Gasteiger partial charge in [-0.05, 0) is 19.1 Å². The average molecular weight is 296 g/mol. The van der Waals surface area contributed by atoms with E-state index < -0.39 is 5.60 Å². The molecule has 2 heterocycles. The first-order chi connectivity index (χ1) is 9.53. The second-order valence-electron chi connectivity index (χ2n) is 5.22. The zero-order chi connectivity index (χ0) is 14.3. The highest BCUT2D eigenvalue weighted by atomic mass is 35.5. The first-order valence-corrected chi connectivity index (χ1v) is 6.86. The number of ether oxygens (including phenoxy) is 1. The van der Waals surface area contributed by atoms with Crippen molar-refractivity contribution >= 4 is 11.6 Å². The van der Waals surface area contributed by atoms with Crippen LogP contribution in [0.1, 0.15) is 19.4 Å². The van der Waals surface area contributed by atoms with Gasteiger partial charge in [0.05, 0.1) is 12.6 Å².